The second-order valence-electron chi connectivity index (χ2n) is 3.16. The first kappa shape index (κ1) is 11.5. The quantitative estimate of drug-likeness (QED) is 0.667. The van der Waals surface area contributed by atoms with E-state index in [1.54, 1.807) is 0 Å². The zero-order valence-electron chi connectivity index (χ0n) is 7.77. The van der Waals surface area contributed by atoms with E-state index in [4.69, 9.17) is 9.47 Å². The zero-order valence-corrected chi connectivity index (χ0v) is 7.77. The van der Waals surface area contributed by atoms with E-state index in [1.165, 1.54) is 0 Å². The van der Waals surface area contributed by atoms with Gasteiger partial charge in [0, 0.05) is 12.0 Å². The Labute approximate surface area is 80.7 Å². The summed E-state index contributed by atoms with van der Waals surface area (Å²) >= 11 is 0. The minimum Gasteiger partial charge on any atom is -0.353 e. The van der Waals surface area contributed by atoms with Crippen molar-refractivity contribution in [2.75, 3.05) is 13.2 Å². The van der Waals surface area contributed by atoms with Crippen molar-refractivity contribution in [2.24, 2.45) is 0 Å². The summed E-state index contributed by atoms with van der Waals surface area (Å²) in [5.41, 5.74) is -0.727. The smallest absolute Gasteiger partial charge is 0.353 e. The van der Waals surface area contributed by atoms with Crippen molar-refractivity contribution in [3.05, 3.63) is 12.2 Å². The van der Waals surface area contributed by atoms with Gasteiger partial charge < -0.3 is 9.47 Å². The molecule has 0 bridgehead atoms. The van der Waals surface area contributed by atoms with Gasteiger partial charge in [-0.05, 0) is 12.8 Å². The summed E-state index contributed by atoms with van der Waals surface area (Å²) in [4.78, 5) is 0. The number of hydrogen-bond donors (Lipinski definition) is 0. The van der Waals surface area contributed by atoms with Crippen LogP contribution in [0.1, 0.15) is 19.3 Å². The van der Waals surface area contributed by atoms with E-state index in [0.717, 1.165) is 6.42 Å². The van der Waals surface area contributed by atoms with E-state index in [2.05, 4.69) is 6.58 Å². The van der Waals surface area contributed by atoms with Crippen molar-refractivity contribution in [2.45, 2.75) is 31.7 Å². The molecule has 5 heteroatoms. The van der Waals surface area contributed by atoms with Gasteiger partial charge in [0.2, 0.25) is 0 Å². The molecule has 0 unspecified atom stereocenters. The normalized spacial score (nSPS) is 19.6. The summed E-state index contributed by atoms with van der Waals surface area (Å²) in [5.74, 6) is 0. The second-order valence-corrected chi connectivity index (χ2v) is 3.16. The summed E-state index contributed by atoms with van der Waals surface area (Å²) in [5, 5.41) is 0. The van der Waals surface area contributed by atoms with Crippen LogP contribution in [0.25, 0.3) is 0 Å². The van der Waals surface area contributed by atoms with Crippen molar-refractivity contribution in [1.29, 1.82) is 0 Å². The number of alkyl halides is 3. The molecule has 0 saturated carbocycles. The Kier molecular flexibility index (Phi) is 3.95. The van der Waals surface area contributed by atoms with Gasteiger partial charge in [0.1, 0.15) is 0 Å². The molecule has 0 N–H and O–H groups in total. The Morgan fingerprint density at radius 3 is 2.36 bits per heavy atom. The van der Waals surface area contributed by atoms with Gasteiger partial charge in [-0.15, -0.1) is 0 Å². The van der Waals surface area contributed by atoms with Crippen molar-refractivity contribution in [3.63, 3.8) is 0 Å². The van der Waals surface area contributed by atoms with Crippen molar-refractivity contribution < 1.29 is 22.6 Å². The van der Waals surface area contributed by atoms with Crippen LogP contribution < -0.4 is 0 Å². The SMILES string of the molecule is C=C(CCC1OCCCO1)C(F)(F)F. The Hall–Kier alpha value is -0.550. The Morgan fingerprint density at radius 1 is 1.29 bits per heavy atom. The van der Waals surface area contributed by atoms with Gasteiger partial charge in [-0.25, -0.2) is 0 Å². The second kappa shape index (κ2) is 4.79. The summed E-state index contributed by atoms with van der Waals surface area (Å²) < 4.78 is 46.3. The van der Waals surface area contributed by atoms with E-state index in [0.29, 0.717) is 13.2 Å². The Balaban J connectivity index is 2.22. The van der Waals surface area contributed by atoms with E-state index in [1.807, 2.05) is 0 Å². The third-order valence-corrected chi connectivity index (χ3v) is 1.98. The molecule has 1 saturated heterocycles. The third kappa shape index (κ3) is 3.67. The largest absolute Gasteiger partial charge is 0.412 e. The molecule has 1 fully saturated rings. The Bertz CT molecular complexity index is 195. The standard InChI is InChI=1S/C9H13F3O2/c1-7(9(10,11)12)3-4-8-13-5-2-6-14-8/h8H,1-6H2. The highest BCUT2D eigenvalue weighted by Gasteiger charge is 2.32. The van der Waals surface area contributed by atoms with Crippen molar-refractivity contribution in [3.8, 4) is 0 Å². The maximum absolute atomic E-state index is 12.0. The van der Waals surface area contributed by atoms with Gasteiger partial charge in [0.15, 0.2) is 6.29 Å². The molecule has 1 rings (SSSR count). The molecule has 1 aliphatic rings. The maximum Gasteiger partial charge on any atom is 0.412 e. The summed E-state index contributed by atoms with van der Waals surface area (Å²) in [7, 11) is 0. The highest BCUT2D eigenvalue weighted by atomic mass is 19.4. The third-order valence-electron chi connectivity index (χ3n) is 1.98. The molecule has 1 aliphatic heterocycles. The van der Waals surface area contributed by atoms with Crippen LogP contribution in [0.4, 0.5) is 13.2 Å². The molecular formula is C9H13F3O2. The first-order valence-electron chi connectivity index (χ1n) is 4.48. The summed E-state index contributed by atoms with van der Waals surface area (Å²) in [6, 6.07) is 0. The average Bonchev–Trinajstić information content (AvgIpc) is 2.14. The van der Waals surface area contributed by atoms with Crippen LogP contribution in [0, 0.1) is 0 Å². The van der Waals surface area contributed by atoms with Crippen LogP contribution in [0.15, 0.2) is 12.2 Å². The van der Waals surface area contributed by atoms with Crippen LogP contribution in [-0.4, -0.2) is 25.7 Å². The molecule has 2 nitrogen and oxygen atoms in total. The lowest BCUT2D eigenvalue weighted by atomic mass is 10.1. The van der Waals surface area contributed by atoms with Gasteiger partial charge in [-0.3, -0.25) is 0 Å². The number of halogens is 3. The molecule has 14 heavy (non-hydrogen) atoms. The molecule has 0 aromatic carbocycles. The minimum atomic E-state index is -4.30. The van der Waals surface area contributed by atoms with Crippen LogP contribution in [0.5, 0.6) is 0 Å². The molecular weight excluding hydrogens is 197 g/mol. The van der Waals surface area contributed by atoms with Crippen LogP contribution >= 0.6 is 0 Å². The molecule has 0 aromatic rings. The molecule has 0 aliphatic carbocycles. The molecule has 0 amide bonds. The van der Waals surface area contributed by atoms with Crippen LogP contribution in [0.2, 0.25) is 0 Å². The molecule has 1 heterocycles. The van der Waals surface area contributed by atoms with E-state index < -0.39 is 18.0 Å². The van der Waals surface area contributed by atoms with Crippen molar-refractivity contribution in [1.82, 2.24) is 0 Å². The maximum atomic E-state index is 12.0. The number of allylic oxidation sites excluding steroid dienone is 1. The van der Waals surface area contributed by atoms with Gasteiger partial charge in [0.05, 0.1) is 13.2 Å². The summed E-state index contributed by atoms with van der Waals surface area (Å²) in [6.07, 6.45) is -3.90. The average molecular weight is 210 g/mol. The molecule has 0 radical (unpaired) electrons. The van der Waals surface area contributed by atoms with E-state index in [-0.39, 0.29) is 12.8 Å². The summed E-state index contributed by atoms with van der Waals surface area (Å²) in [6.45, 7) is 4.09. The molecule has 82 valence electrons. The zero-order chi connectivity index (χ0) is 10.6. The monoisotopic (exact) mass is 210 g/mol. The van der Waals surface area contributed by atoms with Crippen LogP contribution in [-0.2, 0) is 9.47 Å². The first-order chi connectivity index (χ1) is 6.50. The fourth-order valence-corrected chi connectivity index (χ4v) is 1.14. The molecule has 0 aromatic heterocycles. The van der Waals surface area contributed by atoms with Gasteiger partial charge in [-0.1, -0.05) is 6.58 Å². The number of hydrogen-bond acceptors (Lipinski definition) is 2. The van der Waals surface area contributed by atoms with E-state index >= 15 is 0 Å². The Morgan fingerprint density at radius 2 is 1.86 bits per heavy atom. The minimum absolute atomic E-state index is 0.131. The van der Waals surface area contributed by atoms with Gasteiger partial charge >= 0.3 is 6.18 Å². The fraction of sp³-hybridized carbons (Fsp3) is 0.778. The van der Waals surface area contributed by atoms with Gasteiger partial charge in [0.25, 0.3) is 0 Å². The van der Waals surface area contributed by atoms with Crippen LogP contribution in [0.3, 0.4) is 0 Å². The van der Waals surface area contributed by atoms with Crippen molar-refractivity contribution >= 4 is 0 Å². The van der Waals surface area contributed by atoms with Gasteiger partial charge in [-0.2, -0.15) is 13.2 Å². The first-order valence-corrected chi connectivity index (χ1v) is 4.48. The molecule has 0 atom stereocenters. The highest BCUT2D eigenvalue weighted by molar-refractivity contribution is 5.02. The number of ether oxygens (including phenoxy) is 2. The lowest BCUT2D eigenvalue weighted by Crippen LogP contribution is -2.25. The number of rotatable bonds is 3. The fourth-order valence-electron chi connectivity index (χ4n) is 1.14. The van der Waals surface area contributed by atoms with E-state index in [9.17, 15) is 13.2 Å². The lowest BCUT2D eigenvalue weighted by Gasteiger charge is -2.23. The molecule has 0 spiro atoms. The predicted molar refractivity (Wildman–Crippen MR) is 44.7 cm³/mol. The highest BCUT2D eigenvalue weighted by Crippen LogP contribution is 2.28. The topological polar surface area (TPSA) is 18.5 Å². The lowest BCUT2D eigenvalue weighted by molar-refractivity contribution is -0.182. The predicted octanol–water partition coefficient (Wildman–Crippen LogP) is 2.65.